The molecule has 0 saturated heterocycles. The summed E-state index contributed by atoms with van der Waals surface area (Å²) in [6.07, 6.45) is 7.96. The molecule has 7 nitrogen and oxygen atoms in total. The molecule has 200 valence electrons. The Morgan fingerprint density at radius 3 is 2.62 bits per heavy atom. The number of rotatable bonds is 13. The topological polar surface area (TPSA) is 101 Å². The predicted octanol–water partition coefficient (Wildman–Crippen LogP) is 4.89. The van der Waals surface area contributed by atoms with Crippen LogP contribution in [0.25, 0.3) is 0 Å². The number of amides is 1. The minimum absolute atomic E-state index is 0.169. The third-order valence-electron chi connectivity index (χ3n) is 8.28. The maximum Gasteiger partial charge on any atom is 0.326 e. The predicted molar refractivity (Wildman–Crippen MR) is 145 cm³/mol. The van der Waals surface area contributed by atoms with Crippen molar-refractivity contribution >= 4 is 17.7 Å². The molecule has 2 aliphatic rings. The molecule has 3 N–H and O–H groups in total. The van der Waals surface area contributed by atoms with Gasteiger partial charge in [0, 0.05) is 25.3 Å². The number of ether oxygens (including phenoxy) is 1. The molecule has 1 aliphatic heterocycles. The molecular weight excluding hydrogens is 466 g/mol. The number of aryl methyl sites for hydroxylation is 2. The first-order valence-electron chi connectivity index (χ1n) is 13.9. The molecular formula is C30H41N3O4. The number of hydrogen-bond donors (Lipinski definition) is 3. The van der Waals surface area contributed by atoms with Gasteiger partial charge in [-0.15, -0.1) is 0 Å². The second-order valence-corrected chi connectivity index (χ2v) is 10.5. The van der Waals surface area contributed by atoms with Gasteiger partial charge < -0.3 is 20.5 Å². The lowest BCUT2D eigenvalue weighted by Gasteiger charge is -2.36. The zero-order chi connectivity index (χ0) is 26.3. The van der Waals surface area contributed by atoms with Crippen molar-refractivity contribution in [1.29, 1.82) is 0 Å². The van der Waals surface area contributed by atoms with Crippen molar-refractivity contribution < 1.29 is 19.4 Å². The number of aliphatic carboxylic acids is 1. The van der Waals surface area contributed by atoms with E-state index in [1.54, 1.807) is 0 Å². The number of hydrogen-bond acceptors (Lipinski definition) is 5. The largest absolute Gasteiger partial charge is 0.480 e. The van der Waals surface area contributed by atoms with Gasteiger partial charge in [0.1, 0.15) is 11.9 Å². The molecule has 1 aliphatic carbocycles. The summed E-state index contributed by atoms with van der Waals surface area (Å²) in [6, 6.07) is 13.0. The first-order chi connectivity index (χ1) is 17.9. The fourth-order valence-corrected chi connectivity index (χ4v) is 5.68. The van der Waals surface area contributed by atoms with Crippen LogP contribution in [0.4, 0.5) is 5.82 Å². The summed E-state index contributed by atoms with van der Waals surface area (Å²) in [4.78, 5) is 30.0. The van der Waals surface area contributed by atoms with Crippen molar-refractivity contribution in [2.75, 3.05) is 18.5 Å². The van der Waals surface area contributed by atoms with E-state index in [4.69, 9.17) is 9.72 Å². The molecule has 1 aromatic carbocycles. The first-order valence-corrected chi connectivity index (χ1v) is 13.9. The molecule has 0 bridgehead atoms. The number of benzene rings is 1. The second kappa shape index (κ2) is 12.5. The average Bonchev–Trinajstić information content (AvgIpc) is 2.90. The van der Waals surface area contributed by atoms with Crippen molar-refractivity contribution in [3.63, 3.8) is 0 Å². The summed E-state index contributed by atoms with van der Waals surface area (Å²) in [5, 5.41) is 16.0. The van der Waals surface area contributed by atoms with Gasteiger partial charge in [-0.1, -0.05) is 50.2 Å². The Morgan fingerprint density at radius 2 is 1.92 bits per heavy atom. The SMILES string of the molecule is CCC(CC)(C(=O)NC(CCOC1CC(CCc2ccc3c(n2)NCCC3)C1)C(=O)O)c1ccccc1. The number of anilines is 1. The molecule has 0 radical (unpaired) electrons. The summed E-state index contributed by atoms with van der Waals surface area (Å²) in [5.74, 6) is 0.416. The molecule has 4 rings (SSSR count). The maximum atomic E-state index is 13.3. The number of pyridine rings is 1. The van der Waals surface area contributed by atoms with E-state index in [1.807, 2.05) is 44.2 Å². The maximum absolute atomic E-state index is 13.3. The molecule has 1 saturated carbocycles. The van der Waals surface area contributed by atoms with Gasteiger partial charge in [-0.3, -0.25) is 4.79 Å². The van der Waals surface area contributed by atoms with E-state index in [0.717, 1.165) is 55.7 Å². The molecule has 37 heavy (non-hydrogen) atoms. The molecule has 1 aromatic heterocycles. The molecule has 1 fully saturated rings. The lowest BCUT2D eigenvalue weighted by atomic mass is 9.75. The minimum Gasteiger partial charge on any atom is -0.480 e. The summed E-state index contributed by atoms with van der Waals surface area (Å²) in [6.45, 7) is 5.27. The smallest absolute Gasteiger partial charge is 0.326 e. The number of carbonyl (C=O) groups excluding carboxylic acids is 1. The minimum atomic E-state index is -1.02. The Kier molecular flexibility index (Phi) is 9.19. The molecule has 1 atom stereocenters. The lowest BCUT2D eigenvalue weighted by molar-refractivity contribution is -0.144. The van der Waals surface area contributed by atoms with Crippen LogP contribution < -0.4 is 10.6 Å². The van der Waals surface area contributed by atoms with E-state index in [9.17, 15) is 14.7 Å². The van der Waals surface area contributed by atoms with Crippen LogP contribution in [0.5, 0.6) is 0 Å². The van der Waals surface area contributed by atoms with Gasteiger partial charge >= 0.3 is 5.97 Å². The number of nitrogens with zero attached hydrogens (tertiary/aromatic N) is 1. The third-order valence-corrected chi connectivity index (χ3v) is 8.28. The lowest BCUT2D eigenvalue weighted by Crippen LogP contribution is -2.50. The van der Waals surface area contributed by atoms with Crippen molar-refractivity contribution in [2.45, 2.75) is 89.2 Å². The number of nitrogens with one attached hydrogen (secondary N) is 2. The van der Waals surface area contributed by atoms with E-state index in [-0.39, 0.29) is 18.4 Å². The van der Waals surface area contributed by atoms with Crippen molar-refractivity contribution in [2.24, 2.45) is 5.92 Å². The van der Waals surface area contributed by atoms with Crippen LogP contribution in [0.2, 0.25) is 0 Å². The zero-order valence-electron chi connectivity index (χ0n) is 22.2. The van der Waals surface area contributed by atoms with Gasteiger partial charge in [0.05, 0.1) is 11.5 Å². The van der Waals surface area contributed by atoms with Gasteiger partial charge in [0.25, 0.3) is 0 Å². The number of carbonyl (C=O) groups is 2. The zero-order valence-corrected chi connectivity index (χ0v) is 22.2. The van der Waals surface area contributed by atoms with E-state index in [0.29, 0.717) is 25.4 Å². The normalized spacial score (nSPS) is 19.7. The molecule has 2 aromatic rings. The molecule has 1 unspecified atom stereocenters. The summed E-state index contributed by atoms with van der Waals surface area (Å²) in [7, 11) is 0. The van der Waals surface area contributed by atoms with Crippen LogP contribution in [0.15, 0.2) is 42.5 Å². The summed E-state index contributed by atoms with van der Waals surface area (Å²) in [5.41, 5.74) is 2.64. The Labute approximate surface area is 220 Å². The highest BCUT2D eigenvalue weighted by atomic mass is 16.5. The molecule has 7 heteroatoms. The number of carboxylic acids is 1. The van der Waals surface area contributed by atoms with Gasteiger partial charge in [-0.05, 0) is 74.5 Å². The molecule has 2 heterocycles. The molecule has 0 spiro atoms. The van der Waals surface area contributed by atoms with Crippen molar-refractivity contribution in [1.82, 2.24) is 10.3 Å². The Hall–Kier alpha value is -2.93. The Morgan fingerprint density at radius 1 is 1.16 bits per heavy atom. The highest BCUT2D eigenvalue weighted by Gasteiger charge is 2.38. The van der Waals surface area contributed by atoms with Crippen LogP contribution in [-0.2, 0) is 32.6 Å². The fourth-order valence-electron chi connectivity index (χ4n) is 5.68. The quantitative estimate of drug-likeness (QED) is 0.357. The van der Waals surface area contributed by atoms with Crippen molar-refractivity contribution in [3.8, 4) is 0 Å². The standard InChI is InChI=1S/C30H41N3O4/c1-3-30(4-2,23-10-6-5-7-11-23)29(36)33-26(28(34)35)16-18-37-25-19-21(20-25)12-14-24-15-13-22-9-8-17-31-27(22)32-24/h5-7,10-11,13,15,21,25-26H,3-4,8-9,12,14,16-20H2,1-2H3,(H,31,32)(H,33,36)(H,34,35). The van der Waals surface area contributed by atoms with Crippen LogP contribution in [0.1, 0.15) is 75.6 Å². The highest BCUT2D eigenvalue weighted by Crippen LogP contribution is 2.34. The molecule has 1 amide bonds. The van der Waals surface area contributed by atoms with Crippen molar-refractivity contribution in [3.05, 3.63) is 59.3 Å². The fraction of sp³-hybridized carbons (Fsp3) is 0.567. The Balaban J connectivity index is 1.20. The summed E-state index contributed by atoms with van der Waals surface area (Å²) >= 11 is 0. The van der Waals surface area contributed by atoms with E-state index in [1.165, 1.54) is 12.0 Å². The van der Waals surface area contributed by atoms with Crippen LogP contribution in [0, 0.1) is 5.92 Å². The van der Waals surface area contributed by atoms with E-state index >= 15 is 0 Å². The van der Waals surface area contributed by atoms with Gasteiger partial charge in [-0.25, -0.2) is 9.78 Å². The number of fused-ring (bicyclic) bond motifs is 1. The highest BCUT2D eigenvalue weighted by molar-refractivity contribution is 5.91. The van der Waals surface area contributed by atoms with Crippen LogP contribution in [0.3, 0.4) is 0 Å². The monoisotopic (exact) mass is 507 g/mol. The van der Waals surface area contributed by atoms with E-state index in [2.05, 4.69) is 22.8 Å². The number of aromatic nitrogens is 1. The van der Waals surface area contributed by atoms with Gasteiger partial charge in [0.15, 0.2) is 0 Å². The van der Waals surface area contributed by atoms with E-state index < -0.39 is 17.4 Å². The second-order valence-electron chi connectivity index (χ2n) is 10.5. The average molecular weight is 508 g/mol. The first kappa shape index (κ1) is 27.1. The number of carboxylic acid groups (broad SMARTS) is 1. The Bertz CT molecular complexity index is 1050. The van der Waals surface area contributed by atoms with Crippen LogP contribution >= 0.6 is 0 Å². The van der Waals surface area contributed by atoms with Crippen LogP contribution in [-0.4, -0.2) is 47.3 Å². The van der Waals surface area contributed by atoms with Gasteiger partial charge in [-0.2, -0.15) is 0 Å². The third kappa shape index (κ3) is 6.50. The summed E-state index contributed by atoms with van der Waals surface area (Å²) < 4.78 is 5.98. The van der Waals surface area contributed by atoms with Gasteiger partial charge in [0.2, 0.25) is 5.91 Å².